The normalized spacial score (nSPS) is 11.2. The molecule has 104 valence electrons. The summed E-state index contributed by atoms with van der Waals surface area (Å²) in [5.74, 6) is 0. The molecule has 0 fully saturated rings. The standard InChI is InChI=1S/C16H24N2S/c1-6-18-12(3)8-15(13(18)4)9-17-10-16-7-11(2)14(5)19-16/h7-8,17H,6,9-10H2,1-5H3. The third kappa shape index (κ3) is 3.10. The summed E-state index contributed by atoms with van der Waals surface area (Å²) in [6.07, 6.45) is 0. The minimum Gasteiger partial charge on any atom is -0.349 e. The molecule has 0 aliphatic heterocycles. The van der Waals surface area contributed by atoms with Crippen LogP contribution < -0.4 is 5.32 Å². The zero-order valence-corrected chi connectivity index (χ0v) is 13.4. The smallest absolute Gasteiger partial charge is 0.0303 e. The predicted octanol–water partition coefficient (Wildman–Crippen LogP) is 4.09. The van der Waals surface area contributed by atoms with Crippen molar-refractivity contribution in [1.29, 1.82) is 0 Å². The number of hydrogen-bond donors (Lipinski definition) is 1. The fourth-order valence-electron chi connectivity index (χ4n) is 2.60. The van der Waals surface area contributed by atoms with Gasteiger partial charge in [0.15, 0.2) is 0 Å². The van der Waals surface area contributed by atoms with E-state index in [4.69, 9.17) is 0 Å². The van der Waals surface area contributed by atoms with Gasteiger partial charge in [0.1, 0.15) is 0 Å². The van der Waals surface area contributed by atoms with Crippen LogP contribution in [0, 0.1) is 27.7 Å². The number of aryl methyl sites for hydroxylation is 3. The Morgan fingerprint density at radius 1 is 1.11 bits per heavy atom. The van der Waals surface area contributed by atoms with Crippen molar-refractivity contribution in [3.8, 4) is 0 Å². The van der Waals surface area contributed by atoms with Crippen LogP contribution in [0.5, 0.6) is 0 Å². The minimum atomic E-state index is 0.954. The van der Waals surface area contributed by atoms with E-state index in [0.29, 0.717) is 0 Å². The molecule has 0 unspecified atom stereocenters. The van der Waals surface area contributed by atoms with Gasteiger partial charge in [0.05, 0.1) is 0 Å². The number of thiophene rings is 1. The summed E-state index contributed by atoms with van der Waals surface area (Å²) < 4.78 is 2.37. The highest BCUT2D eigenvalue weighted by Crippen LogP contribution is 2.20. The van der Waals surface area contributed by atoms with Crippen LogP contribution in [0.4, 0.5) is 0 Å². The van der Waals surface area contributed by atoms with Gasteiger partial charge in [-0.25, -0.2) is 0 Å². The van der Waals surface area contributed by atoms with Crippen molar-refractivity contribution in [3.63, 3.8) is 0 Å². The zero-order chi connectivity index (χ0) is 14.0. The SMILES string of the molecule is CCn1c(C)cc(CNCc2cc(C)c(C)s2)c1C. The molecule has 3 heteroatoms. The van der Waals surface area contributed by atoms with Crippen LogP contribution in [0.3, 0.4) is 0 Å². The summed E-state index contributed by atoms with van der Waals surface area (Å²) in [4.78, 5) is 2.86. The summed E-state index contributed by atoms with van der Waals surface area (Å²) in [5, 5.41) is 3.56. The first-order valence-electron chi connectivity index (χ1n) is 6.95. The maximum absolute atomic E-state index is 3.56. The van der Waals surface area contributed by atoms with Crippen LogP contribution in [0.25, 0.3) is 0 Å². The van der Waals surface area contributed by atoms with Gasteiger partial charge < -0.3 is 9.88 Å². The van der Waals surface area contributed by atoms with Crippen molar-refractivity contribution < 1.29 is 0 Å². The predicted molar refractivity (Wildman–Crippen MR) is 83.9 cm³/mol. The molecule has 2 heterocycles. The van der Waals surface area contributed by atoms with E-state index in [0.717, 1.165) is 19.6 Å². The number of nitrogens with one attached hydrogen (secondary N) is 1. The fourth-order valence-corrected chi connectivity index (χ4v) is 3.62. The summed E-state index contributed by atoms with van der Waals surface area (Å²) in [6.45, 7) is 14.0. The number of aromatic nitrogens is 1. The van der Waals surface area contributed by atoms with E-state index < -0.39 is 0 Å². The summed E-state index contributed by atoms with van der Waals surface area (Å²) in [5.41, 5.74) is 5.58. The van der Waals surface area contributed by atoms with Crippen molar-refractivity contribution in [1.82, 2.24) is 9.88 Å². The van der Waals surface area contributed by atoms with Crippen LogP contribution in [0.2, 0.25) is 0 Å². The molecular weight excluding hydrogens is 252 g/mol. The van der Waals surface area contributed by atoms with E-state index in [-0.39, 0.29) is 0 Å². The van der Waals surface area contributed by atoms with Crippen molar-refractivity contribution >= 4 is 11.3 Å². The molecule has 0 saturated carbocycles. The van der Waals surface area contributed by atoms with E-state index in [1.54, 1.807) is 0 Å². The molecule has 0 radical (unpaired) electrons. The average molecular weight is 276 g/mol. The van der Waals surface area contributed by atoms with Gasteiger partial charge in [-0.15, -0.1) is 11.3 Å². The first-order valence-corrected chi connectivity index (χ1v) is 7.76. The van der Waals surface area contributed by atoms with Crippen molar-refractivity contribution in [2.45, 2.75) is 54.3 Å². The van der Waals surface area contributed by atoms with E-state index in [2.05, 4.69) is 56.6 Å². The first kappa shape index (κ1) is 14.4. The molecule has 0 aliphatic carbocycles. The minimum absolute atomic E-state index is 0.954. The van der Waals surface area contributed by atoms with Crippen LogP contribution in [-0.4, -0.2) is 4.57 Å². The second kappa shape index (κ2) is 5.93. The Balaban J connectivity index is 1.96. The molecule has 0 saturated heterocycles. The van der Waals surface area contributed by atoms with Gasteiger partial charge in [0.25, 0.3) is 0 Å². The lowest BCUT2D eigenvalue weighted by Crippen LogP contribution is -2.12. The largest absolute Gasteiger partial charge is 0.349 e. The van der Waals surface area contributed by atoms with E-state index in [1.807, 2.05) is 11.3 Å². The quantitative estimate of drug-likeness (QED) is 0.870. The fraction of sp³-hybridized carbons (Fsp3) is 0.500. The van der Waals surface area contributed by atoms with Crippen LogP contribution >= 0.6 is 11.3 Å². The molecule has 2 aromatic rings. The zero-order valence-electron chi connectivity index (χ0n) is 12.6. The van der Waals surface area contributed by atoms with Gasteiger partial charge in [0.2, 0.25) is 0 Å². The molecule has 0 spiro atoms. The highest BCUT2D eigenvalue weighted by Gasteiger charge is 2.07. The second-order valence-corrected chi connectivity index (χ2v) is 6.54. The molecule has 19 heavy (non-hydrogen) atoms. The second-order valence-electron chi connectivity index (χ2n) is 5.20. The van der Waals surface area contributed by atoms with E-state index >= 15 is 0 Å². The average Bonchev–Trinajstić information content (AvgIpc) is 2.81. The Kier molecular flexibility index (Phi) is 4.48. The molecule has 0 aliphatic rings. The van der Waals surface area contributed by atoms with E-state index in [9.17, 15) is 0 Å². The monoisotopic (exact) mass is 276 g/mol. The molecule has 0 atom stereocenters. The molecule has 2 nitrogen and oxygen atoms in total. The van der Waals surface area contributed by atoms with Gasteiger partial charge in [-0.05, 0) is 57.9 Å². The maximum Gasteiger partial charge on any atom is 0.0303 e. The number of rotatable bonds is 5. The first-order chi connectivity index (χ1) is 9.02. The molecule has 0 bridgehead atoms. The number of nitrogens with zero attached hydrogens (tertiary/aromatic N) is 1. The Morgan fingerprint density at radius 3 is 2.37 bits per heavy atom. The van der Waals surface area contributed by atoms with Crippen LogP contribution in [0.1, 0.15) is 39.2 Å². The molecule has 2 aromatic heterocycles. The molecule has 1 N–H and O–H groups in total. The lowest BCUT2D eigenvalue weighted by molar-refractivity contribution is 0.680. The van der Waals surface area contributed by atoms with Gasteiger partial charge in [-0.1, -0.05) is 0 Å². The third-order valence-corrected chi connectivity index (χ3v) is 4.98. The van der Waals surface area contributed by atoms with Crippen LogP contribution in [-0.2, 0) is 19.6 Å². The van der Waals surface area contributed by atoms with Crippen molar-refractivity contribution in [3.05, 3.63) is 44.4 Å². The van der Waals surface area contributed by atoms with Gasteiger partial charge in [-0.2, -0.15) is 0 Å². The van der Waals surface area contributed by atoms with Gasteiger partial charge in [0, 0.05) is 40.8 Å². The Hall–Kier alpha value is -1.06. The molecule has 2 rings (SSSR count). The molecule has 0 aromatic carbocycles. The molecular formula is C16H24N2S. The maximum atomic E-state index is 3.56. The third-order valence-electron chi connectivity index (χ3n) is 3.83. The highest BCUT2D eigenvalue weighted by atomic mass is 32.1. The van der Waals surface area contributed by atoms with Crippen molar-refractivity contribution in [2.75, 3.05) is 0 Å². The lowest BCUT2D eigenvalue weighted by atomic mass is 10.2. The Morgan fingerprint density at radius 2 is 1.84 bits per heavy atom. The summed E-state index contributed by atoms with van der Waals surface area (Å²) >= 11 is 1.90. The lowest BCUT2D eigenvalue weighted by Gasteiger charge is -2.06. The Labute approximate surface area is 120 Å². The van der Waals surface area contributed by atoms with Gasteiger partial charge >= 0.3 is 0 Å². The van der Waals surface area contributed by atoms with Gasteiger partial charge in [-0.3, -0.25) is 0 Å². The van der Waals surface area contributed by atoms with E-state index in [1.165, 1.54) is 32.3 Å². The summed E-state index contributed by atoms with van der Waals surface area (Å²) in [7, 11) is 0. The highest BCUT2D eigenvalue weighted by molar-refractivity contribution is 7.12. The molecule has 0 amide bonds. The topological polar surface area (TPSA) is 17.0 Å². The van der Waals surface area contributed by atoms with Crippen molar-refractivity contribution in [2.24, 2.45) is 0 Å². The van der Waals surface area contributed by atoms with Crippen LogP contribution in [0.15, 0.2) is 12.1 Å². The number of hydrogen-bond acceptors (Lipinski definition) is 2. The Bertz CT molecular complexity index is 544. The summed E-state index contributed by atoms with van der Waals surface area (Å²) in [6, 6.07) is 4.60.